The molecule has 0 aliphatic heterocycles. The summed E-state index contributed by atoms with van der Waals surface area (Å²) in [6.07, 6.45) is 5.71. The van der Waals surface area contributed by atoms with Crippen LogP contribution >= 0.6 is 15.9 Å². The Hall–Kier alpha value is -1.29. The second kappa shape index (κ2) is 5.16. The van der Waals surface area contributed by atoms with E-state index < -0.39 is 0 Å². The molecule has 1 aliphatic carbocycles. The Balaban J connectivity index is 1.81. The van der Waals surface area contributed by atoms with Gasteiger partial charge in [0, 0.05) is 16.7 Å². The second-order valence-electron chi connectivity index (χ2n) is 3.78. The highest BCUT2D eigenvalue weighted by Gasteiger charge is 2.22. The van der Waals surface area contributed by atoms with Gasteiger partial charge in [0.25, 0.3) is 0 Å². The summed E-state index contributed by atoms with van der Waals surface area (Å²) in [4.78, 5) is 11.3. The number of carbonyl (C=O) groups is 1. The number of urea groups is 1. The van der Waals surface area contributed by atoms with Crippen LogP contribution in [0.5, 0.6) is 0 Å². The molecular formula is C12H13BrN2O. The first-order valence-electron chi connectivity index (χ1n) is 5.23. The largest absolute Gasteiger partial charge is 0.335 e. The van der Waals surface area contributed by atoms with Crippen LogP contribution in [-0.2, 0) is 0 Å². The standard InChI is InChI=1S/C12H13BrN2O/c13-10-3-1-2-9(8-10)6-7-14-12(16)15-11-4-5-11/h1-3,6-8,11H,4-5H2,(H2,14,15,16)/b7-6+. The molecule has 2 rings (SSSR count). The Bertz CT molecular complexity index is 413. The maximum Gasteiger partial charge on any atom is 0.318 e. The third-order valence-corrected chi connectivity index (χ3v) is 2.74. The zero-order valence-corrected chi connectivity index (χ0v) is 10.3. The van der Waals surface area contributed by atoms with E-state index in [1.807, 2.05) is 30.3 Å². The molecule has 16 heavy (non-hydrogen) atoms. The summed E-state index contributed by atoms with van der Waals surface area (Å²) < 4.78 is 1.03. The number of benzene rings is 1. The van der Waals surface area contributed by atoms with Gasteiger partial charge in [0.2, 0.25) is 0 Å². The van der Waals surface area contributed by atoms with Gasteiger partial charge in [-0.2, -0.15) is 0 Å². The predicted octanol–water partition coefficient (Wildman–Crippen LogP) is 2.88. The van der Waals surface area contributed by atoms with Gasteiger partial charge >= 0.3 is 6.03 Å². The van der Waals surface area contributed by atoms with Gasteiger partial charge < -0.3 is 10.6 Å². The Morgan fingerprint density at radius 2 is 2.25 bits per heavy atom. The maximum atomic E-state index is 11.3. The Labute approximate surface area is 103 Å². The van der Waals surface area contributed by atoms with Crippen LogP contribution in [0.4, 0.5) is 4.79 Å². The van der Waals surface area contributed by atoms with Crippen molar-refractivity contribution < 1.29 is 4.79 Å². The third-order valence-electron chi connectivity index (χ3n) is 2.25. The van der Waals surface area contributed by atoms with Crippen LogP contribution in [0.1, 0.15) is 18.4 Å². The SMILES string of the molecule is O=C(N/C=C/c1cccc(Br)c1)NC1CC1. The summed E-state index contributed by atoms with van der Waals surface area (Å²) in [6.45, 7) is 0. The molecule has 1 aliphatic rings. The molecule has 0 unspecified atom stereocenters. The fourth-order valence-electron chi connectivity index (χ4n) is 1.28. The van der Waals surface area contributed by atoms with Crippen LogP contribution in [-0.4, -0.2) is 12.1 Å². The lowest BCUT2D eigenvalue weighted by atomic mass is 10.2. The summed E-state index contributed by atoms with van der Waals surface area (Å²) in [6, 6.07) is 8.13. The lowest BCUT2D eigenvalue weighted by Crippen LogP contribution is -2.33. The molecule has 3 nitrogen and oxygen atoms in total. The van der Waals surface area contributed by atoms with E-state index in [-0.39, 0.29) is 6.03 Å². The maximum absolute atomic E-state index is 11.3. The van der Waals surface area contributed by atoms with Crippen LogP contribution in [0.2, 0.25) is 0 Å². The highest BCUT2D eigenvalue weighted by Crippen LogP contribution is 2.18. The molecule has 0 aromatic heterocycles. The van der Waals surface area contributed by atoms with E-state index >= 15 is 0 Å². The monoisotopic (exact) mass is 280 g/mol. The van der Waals surface area contributed by atoms with Crippen molar-refractivity contribution in [2.45, 2.75) is 18.9 Å². The van der Waals surface area contributed by atoms with Gasteiger partial charge in [-0.15, -0.1) is 0 Å². The molecule has 0 saturated heterocycles. The average molecular weight is 281 g/mol. The second-order valence-corrected chi connectivity index (χ2v) is 4.70. The quantitative estimate of drug-likeness (QED) is 0.878. The molecule has 1 fully saturated rings. The van der Waals surface area contributed by atoms with Crippen LogP contribution in [0.25, 0.3) is 6.08 Å². The fourth-order valence-corrected chi connectivity index (χ4v) is 1.70. The molecule has 1 aromatic carbocycles. The van der Waals surface area contributed by atoms with Crippen LogP contribution in [0.15, 0.2) is 34.9 Å². The van der Waals surface area contributed by atoms with E-state index in [1.165, 1.54) is 0 Å². The average Bonchev–Trinajstić information content (AvgIpc) is 3.02. The van der Waals surface area contributed by atoms with E-state index in [1.54, 1.807) is 6.20 Å². The van der Waals surface area contributed by atoms with Crippen molar-refractivity contribution >= 4 is 28.0 Å². The highest BCUT2D eigenvalue weighted by atomic mass is 79.9. The molecule has 1 aromatic rings. The normalized spacial score (nSPS) is 15.1. The number of hydrogen-bond donors (Lipinski definition) is 2. The summed E-state index contributed by atoms with van der Waals surface area (Å²) in [5.74, 6) is 0. The van der Waals surface area contributed by atoms with E-state index in [9.17, 15) is 4.79 Å². The minimum absolute atomic E-state index is 0.131. The van der Waals surface area contributed by atoms with Crippen molar-refractivity contribution in [3.63, 3.8) is 0 Å². The molecular weight excluding hydrogens is 268 g/mol. The molecule has 0 heterocycles. The van der Waals surface area contributed by atoms with Gasteiger partial charge in [0.05, 0.1) is 0 Å². The van der Waals surface area contributed by atoms with E-state index in [2.05, 4.69) is 26.6 Å². The van der Waals surface area contributed by atoms with Crippen molar-refractivity contribution in [1.29, 1.82) is 0 Å². The molecule has 0 radical (unpaired) electrons. The van der Waals surface area contributed by atoms with Crippen molar-refractivity contribution in [3.05, 3.63) is 40.5 Å². The van der Waals surface area contributed by atoms with Gasteiger partial charge in [-0.05, 0) is 36.6 Å². The third kappa shape index (κ3) is 3.70. The van der Waals surface area contributed by atoms with Crippen molar-refractivity contribution in [2.24, 2.45) is 0 Å². The number of rotatable bonds is 3. The van der Waals surface area contributed by atoms with Crippen molar-refractivity contribution in [1.82, 2.24) is 10.6 Å². The number of amides is 2. The van der Waals surface area contributed by atoms with Gasteiger partial charge in [-0.25, -0.2) is 4.79 Å². The van der Waals surface area contributed by atoms with E-state index in [4.69, 9.17) is 0 Å². The smallest absolute Gasteiger partial charge is 0.318 e. The zero-order chi connectivity index (χ0) is 11.4. The van der Waals surface area contributed by atoms with Crippen LogP contribution in [0.3, 0.4) is 0 Å². The number of nitrogens with one attached hydrogen (secondary N) is 2. The van der Waals surface area contributed by atoms with Crippen molar-refractivity contribution in [2.75, 3.05) is 0 Å². The summed E-state index contributed by atoms with van der Waals surface area (Å²) in [5, 5.41) is 5.52. The Morgan fingerprint density at radius 3 is 2.94 bits per heavy atom. The van der Waals surface area contributed by atoms with Crippen molar-refractivity contribution in [3.8, 4) is 0 Å². The van der Waals surface area contributed by atoms with Gasteiger partial charge in [-0.1, -0.05) is 28.1 Å². The predicted molar refractivity (Wildman–Crippen MR) is 67.9 cm³/mol. The molecule has 2 amide bonds. The van der Waals surface area contributed by atoms with Gasteiger partial charge in [0.1, 0.15) is 0 Å². The molecule has 84 valence electrons. The zero-order valence-electron chi connectivity index (χ0n) is 8.74. The minimum atomic E-state index is -0.131. The first-order chi connectivity index (χ1) is 7.74. The first-order valence-corrected chi connectivity index (χ1v) is 6.02. The molecule has 0 spiro atoms. The van der Waals surface area contributed by atoms with Gasteiger partial charge in [-0.3, -0.25) is 0 Å². The highest BCUT2D eigenvalue weighted by molar-refractivity contribution is 9.10. The van der Waals surface area contributed by atoms with Gasteiger partial charge in [0.15, 0.2) is 0 Å². The van der Waals surface area contributed by atoms with E-state index in [0.717, 1.165) is 22.9 Å². The molecule has 4 heteroatoms. The van der Waals surface area contributed by atoms with E-state index in [0.29, 0.717) is 6.04 Å². The summed E-state index contributed by atoms with van der Waals surface area (Å²) in [7, 11) is 0. The Kier molecular flexibility index (Phi) is 3.62. The molecule has 2 N–H and O–H groups in total. The van der Waals surface area contributed by atoms with Crippen LogP contribution < -0.4 is 10.6 Å². The van der Waals surface area contributed by atoms with Crippen LogP contribution in [0, 0.1) is 0 Å². The molecule has 0 bridgehead atoms. The number of hydrogen-bond acceptors (Lipinski definition) is 1. The lowest BCUT2D eigenvalue weighted by molar-refractivity contribution is 0.244. The topological polar surface area (TPSA) is 41.1 Å². The minimum Gasteiger partial charge on any atom is -0.335 e. The summed E-state index contributed by atoms with van der Waals surface area (Å²) in [5.41, 5.74) is 1.04. The Morgan fingerprint density at radius 1 is 1.44 bits per heavy atom. The first kappa shape index (κ1) is 11.2. The lowest BCUT2D eigenvalue weighted by Gasteiger charge is -2.01. The summed E-state index contributed by atoms with van der Waals surface area (Å²) >= 11 is 3.39. The molecule has 0 atom stereocenters. The number of carbonyl (C=O) groups excluding carboxylic acids is 1. The molecule has 1 saturated carbocycles. The fraction of sp³-hybridized carbons (Fsp3) is 0.250. The number of halogens is 1.